The molecule has 2 N–H and O–H groups in total. The lowest BCUT2D eigenvalue weighted by atomic mass is 10.2. The second-order valence-electron chi connectivity index (χ2n) is 2.08. The van der Waals surface area contributed by atoms with Gasteiger partial charge >= 0.3 is 0 Å². The van der Waals surface area contributed by atoms with E-state index in [-0.39, 0.29) is 11.9 Å². The van der Waals surface area contributed by atoms with Gasteiger partial charge in [0.25, 0.3) is 0 Å². The SMILES string of the molecule is CCCC(NS)C(=O)NC. The molecule has 4 heteroatoms. The van der Waals surface area contributed by atoms with Gasteiger partial charge in [-0.05, 0) is 6.42 Å². The monoisotopic (exact) mass is 162 g/mol. The Morgan fingerprint density at radius 1 is 1.70 bits per heavy atom. The molecule has 0 bridgehead atoms. The molecule has 0 aliphatic rings. The number of likely N-dealkylation sites (N-methyl/N-ethyl adjacent to an activating group) is 1. The highest BCUT2D eigenvalue weighted by Gasteiger charge is 2.12. The standard InChI is InChI=1S/C6H14N2OS/c1-3-4-5(8-10)6(9)7-2/h5,8,10H,3-4H2,1-2H3,(H,7,9). The maximum absolute atomic E-state index is 10.9. The Hall–Kier alpha value is -0.220. The zero-order chi connectivity index (χ0) is 7.98. The number of nitrogens with one attached hydrogen (secondary N) is 2. The second kappa shape index (κ2) is 5.56. The van der Waals surface area contributed by atoms with Crippen molar-refractivity contribution in [2.75, 3.05) is 7.05 Å². The van der Waals surface area contributed by atoms with Gasteiger partial charge in [0.15, 0.2) is 0 Å². The van der Waals surface area contributed by atoms with Crippen LogP contribution in [0.4, 0.5) is 0 Å². The number of thiol groups is 1. The van der Waals surface area contributed by atoms with E-state index in [2.05, 4.69) is 22.9 Å². The predicted molar refractivity (Wildman–Crippen MR) is 44.9 cm³/mol. The van der Waals surface area contributed by atoms with Crippen LogP contribution < -0.4 is 10.0 Å². The van der Waals surface area contributed by atoms with Crippen molar-refractivity contribution in [3.63, 3.8) is 0 Å². The van der Waals surface area contributed by atoms with Crippen LogP contribution in [-0.2, 0) is 4.79 Å². The third kappa shape index (κ3) is 3.08. The molecule has 0 aromatic carbocycles. The molecule has 0 spiro atoms. The summed E-state index contributed by atoms with van der Waals surface area (Å²) in [6.45, 7) is 2.03. The van der Waals surface area contributed by atoms with Gasteiger partial charge in [0, 0.05) is 7.05 Å². The molecule has 1 atom stereocenters. The first-order valence-electron chi connectivity index (χ1n) is 3.37. The van der Waals surface area contributed by atoms with E-state index in [0.29, 0.717) is 0 Å². The van der Waals surface area contributed by atoms with Gasteiger partial charge < -0.3 is 5.32 Å². The lowest BCUT2D eigenvalue weighted by Gasteiger charge is -2.11. The first kappa shape index (κ1) is 9.78. The van der Waals surface area contributed by atoms with Gasteiger partial charge in [0.05, 0.1) is 6.04 Å². The Labute approximate surface area is 67.1 Å². The topological polar surface area (TPSA) is 41.1 Å². The molecular weight excluding hydrogens is 148 g/mol. The van der Waals surface area contributed by atoms with Crippen molar-refractivity contribution < 1.29 is 4.79 Å². The molecule has 1 unspecified atom stereocenters. The van der Waals surface area contributed by atoms with Crippen molar-refractivity contribution in [1.82, 2.24) is 10.0 Å². The lowest BCUT2D eigenvalue weighted by molar-refractivity contribution is -0.122. The average Bonchev–Trinajstić information content (AvgIpc) is 1.99. The Morgan fingerprint density at radius 3 is 2.60 bits per heavy atom. The number of hydrogen-bond donors (Lipinski definition) is 3. The maximum atomic E-state index is 10.9. The first-order valence-corrected chi connectivity index (χ1v) is 3.82. The number of amides is 1. The van der Waals surface area contributed by atoms with Crippen LogP contribution in [0.5, 0.6) is 0 Å². The summed E-state index contributed by atoms with van der Waals surface area (Å²) in [7, 11) is 1.62. The zero-order valence-electron chi connectivity index (χ0n) is 6.35. The van der Waals surface area contributed by atoms with Crippen molar-refractivity contribution in [1.29, 1.82) is 0 Å². The zero-order valence-corrected chi connectivity index (χ0v) is 7.24. The van der Waals surface area contributed by atoms with Crippen molar-refractivity contribution in [2.24, 2.45) is 0 Å². The van der Waals surface area contributed by atoms with Crippen LogP contribution in [0.25, 0.3) is 0 Å². The first-order chi connectivity index (χ1) is 4.76. The summed E-state index contributed by atoms with van der Waals surface area (Å²) in [4.78, 5) is 10.9. The molecule has 0 rings (SSSR count). The number of hydrogen-bond acceptors (Lipinski definition) is 3. The molecule has 10 heavy (non-hydrogen) atoms. The van der Waals surface area contributed by atoms with Crippen LogP contribution in [-0.4, -0.2) is 19.0 Å². The van der Waals surface area contributed by atoms with Gasteiger partial charge in [-0.25, -0.2) is 0 Å². The van der Waals surface area contributed by atoms with E-state index in [1.165, 1.54) is 0 Å². The summed E-state index contributed by atoms with van der Waals surface area (Å²) in [5.74, 6) is -0.00292. The largest absolute Gasteiger partial charge is 0.358 e. The third-order valence-corrected chi connectivity index (χ3v) is 1.61. The summed E-state index contributed by atoms with van der Waals surface area (Å²) < 4.78 is 2.64. The van der Waals surface area contributed by atoms with E-state index in [4.69, 9.17) is 0 Å². The molecule has 0 aromatic heterocycles. The van der Waals surface area contributed by atoms with Gasteiger partial charge in [-0.3, -0.25) is 9.52 Å². The van der Waals surface area contributed by atoms with E-state index >= 15 is 0 Å². The van der Waals surface area contributed by atoms with Gasteiger partial charge in [0.2, 0.25) is 5.91 Å². The number of rotatable bonds is 4. The maximum Gasteiger partial charge on any atom is 0.237 e. The minimum atomic E-state index is -0.154. The minimum absolute atomic E-state index is 0.00292. The molecule has 0 heterocycles. The van der Waals surface area contributed by atoms with E-state index in [9.17, 15) is 4.79 Å². The van der Waals surface area contributed by atoms with E-state index < -0.39 is 0 Å². The number of carbonyl (C=O) groups is 1. The minimum Gasteiger partial charge on any atom is -0.358 e. The van der Waals surface area contributed by atoms with Gasteiger partial charge in [-0.1, -0.05) is 26.2 Å². The average molecular weight is 162 g/mol. The Bertz CT molecular complexity index is 108. The molecule has 0 saturated heterocycles. The molecule has 3 nitrogen and oxygen atoms in total. The molecule has 0 saturated carbocycles. The Kier molecular flexibility index (Phi) is 5.43. The van der Waals surface area contributed by atoms with Crippen LogP contribution in [0.1, 0.15) is 19.8 Å². The van der Waals surface area contributed by atoms with Crippen LogP contribution in [0.2, 0.25) is 0 Å². The Balaban J connectivity index is 3.68. The van der Waals surface area contributed by atoms with Crippen LogP contribution in [0, 0.1) is 0 Å². The molecule has 0 radical (unpaired) electrons. The highest BCUT2D eigenvalue weighted by Crippen LogP contribution is 1.96. The predicted octanol–water partition coefficient (Wildman–Crippen LogP) is 0.336. The van der Waals surface area contributed by atoms with E-state index in [1.54, 1.807) is 7.05 Å². The molecule has 0 aliphatic carbocycles. The summed E-state index contributed by atoms with van der Waals surface area (Å²) in [6.07, 6.45) is 1.80. The number of carbonyl (C=O) groups excluding carboxylic acids is 1. The fraction of sp³-hybridized carbons (Fsp3) is 0.833. The van der Waals surface area contributed by atoms with Crippen molar-refractivity contribution in [3.8, 4) is 0 Å². The van der Waals surface area contributed by atoms with Crippen LogP contribution >= 0.6 is 12.8 Å². The Morgan fingerprint density at radius 2 is 2.30 bits per heavy atom. The highest BCUT2D eigenvalue weighted by molar-refractivity contribution is 7.78. The van der Waals surface area contributed by atoms with E-state index in [0.717, 1.165) is 12.8 Å². The highest BCUT2D eigenvalue weighted by atomic mass is 32.1. The fourth-order valence-corrected chi connectivity index (χ4v) is 0.964. The quantitative estimate of drug-likeness (QED) is 0.522. The summed E-state index contributed by atoms with van der Waals surface area (Å²) in [5, 5.41) is 2.55. The lowest BCUT2D eigenvalue weighted by Crippen LogP contribution is -2.38. The van der Waals surface area contributed by atoms with Crippen molar-refractivity contribution in [2.45, 2.75) is 25.8 Å². The summed E-state index contributed by atoms with van der Waals surface area (Å²) in [6, 6.07) is -0.154. The molecular formula is C6H14N2OS. The third-order valence-electron chi connectivity index (χ3n) is 1.30. The summed E-state index contributed by atoms with van der Waals surface area (Å²) in [5.41, 5.74) is 0. The molecule has 0 fully saturated rings. The van der Waals surface area contributed by atoms with Gasteiger partial charge in [-0.15, -0.1) is 0 Å². The van der Waals surface area contributed by atoms with Gasteiger partial charge in [-0.2, -0.15) is 0 Å². The molecule has 1 amide bonds. The molecule has 60 valence electrons. The van der Waals surface area contributed by atoms with E-state index in [1.807, 2.05) is 6.92 Å². The summed E-state index contributed by atoms with van der Waals surface area (Å²) >= 11 is 3.83. The van der Waals surface area contributed by atoms with Crippen LogP contribution in [0.15, 0.2) is 0 Å². The van der Waals surface area contributed by atoms with Gasteiger partial charge in [0.1, 0.15) is 0 Å². The molecule has 0 aromatic rings. The van der Waals surface area contributed by atoms with Crippen LogP contribution in [0.3, 0.4) is 0 Å². The normalized spacial score (nSPS) is 12.7. The molecule has 0 aliphatic heterocycles. The fourth-order valence-electron chi connectivity index (χ4n) is 0.717. The smallest absolute Gasteiger partial charge is 0.237 e. The van der Waals surface area contributed by atoms with Crippen molar-refractivity contribution in [3.05, 3.63) is 0 Å². The van der Waals surface area contributed by atoms with Crippen molar-refractivity contribution >= 4 is 18.7 Å². The second-order valence-corrected chi connectivity index (χ2v) is 2.34.